The van der Waals surface area contributed by atoms with Crippen molar-refractivity contribution in [2.24, 2.45) is 0 Å². The summed E-state index contributed by atoms with van der Waals surface area (Å²) in [6.07, 6.45) is 0.458. The summed E-state index contributed by atoms with van der Waals surface area (Å²) in [5.74, 6) is 1.86. The van der Waals surface area contributed by atoms with Gasteiger partial charge >= 0.3 is 0 Å². The van der Waals surface area contributed by atoms with Gasteiger partial charge in [0.1, 0.15) is 5.75 Å². The Bertz CT molecular complexity index is 388. The fourth-order valence-corrected chi connectivity index (χ4v) is 2.61. The van der Waals surface area contributed by atoms with Gasteiger partial charge in [-0.05, 0) is 51.6 Å². The van der Waals surface area contributed by atoms with Gasteiger partial charge in [-0.3, -0.25) is 4.39 Å². The van der Waals surface area contributed by atoms with Gasteiger partial charge in [-0.2, -0.15) is 0 Å². The van der Waals surface area contributed by atoms with Crippen molar-refractivity contribution in [3.8, 4) is 5.75 Å². The summed E-state index contributed by atoms with van der Waals surface area (Å²) in [6.45, 7) is 8.85. The zero-order chi connectivity index (χ0) is 13.7. The maximum Gasteiger partial charge on any atom is 0.136 e. The minimum absolute atomic E-state index is 0.322. The van der Waals surface area contributed by atoms with Crippen LogP contribution in [0.4, 0.5) is 4.39 Å². The Morgan fingerprint density at radius 2 is 1.83 bits per heavy atom. The molecule has 0 aliphatic rings. The van der Waals surface area contributed by atoms with Crippen LogP contribution in [0.1, 0.15) is 57.1 Å². The Morgan fingerprint density at radius 1 is 1.17 bits per heavy atom. The molecule has 1 aromatic rings. The van der Waals surface area contributed by atoms with Gasteiger partial charge in [0.2, 0.25) is 0 Å². The highest BCUT2D eigenvalue weighted by Gasteiger charge is 2.14. The molecule has 0 aliphatic carbocycles. The smallest absolute Gasteiger partial charge is 0.136 e. The second kappa shape index (κ2) is 7.31. The minimum atomic E-state index is -0.322. The summed E-state index contributed by atoms with van der Waals surface area (Å²) < 4.78 is 19.0. The van der Waals surface area contributed by atoms with E-state index in [2.05, 4.69) is 62.4 Å². The van der Waals surface area contributed by atoms with Gasteiger partial charge in [-0.25, -0.2) is 0 Å². The largest absolute Gasteiger partial charge is 0.492 e. The number of rotatable bonds is 6. The average Bonchev–Trinajstić information content (AvgIpc) is 2.30. The molecule has 0 N–H and O–H groups in total. The lowest BCUT2D eigenvalue weighted by Crippen LogP contribution is -2.05. The van der Waals surface area contributed by atoms with Crippen LogP contribution in [-0.2, 0) is 0 Å². The maximum atomic E-state index is 12.1. The van der Waals surface area contributed by atoms with Crippen LogP contribution in [0.25, 0.3) is 0 Å². The molecule has 1 rings (SSSR count). The van der Waals surface area contributed by atoms with Crippen LogP contribution in [0.2, 0.25) is 0 Å². The fraction of sp³-hybridized carbons (Fsp3) is 0.600. The van der Waals surface area contributed by atoms with Gasteiger partial charge < -0.3 is 4.74 Å². The second-order valence-electron chi connectivity index (χ2n) is 5.12. The van der Waals surface area contributed by atoms with E-state index in [4.69, 9.17) is 4.74 Å². The van der Waals surface area contributed by atoms with Gasteiger partial charge in [0.05, 0.1) is 16.9 Å². The average molecular weight is 364 g/mol. The van der Waals surface area contributed by atoms with E-state index in [9.17, 15) is 4.39 Å². The van der Waals surface area contributed by atoms with Crippen LogP contribution in [-0.4, -0.2) is 13.3 Å². The van der Waals surface area contributed by atoms with Gasteiger partial charge in [-0.15, -0.1) is 0 Å². The summed E-state index contributed by atoms with van der Waals surface area (Å²) in [7, 11) is 0. The van der Waals surface area contributed by atoms with Gasteiger partial charge in [0.25, 0.3) is 0 Å². The molecule has 0 unspecified atom stereocenters. The van der Waals surface area contributed by atoms with E-state index in [0.29, 0.717) is 24.9 Å². The highest BCUT2D eigenvalue weighted by atomic mass is 127. The predicted octanol–water partition coefficient (Wildman–Crippen LogP) is 5.28. The van der Waals surface area contributed by atoms with Crippen molar-refractivity contribution in [1.82, 2.24) is 0 Å². The van der Waals surface area contributed by atoms with Crippen molar-refractivity contribution in [1.29, 1.82) is 0 Å². The number of hydrogen-bond donors (Lipinski definition) is 0. The third-order valence-corrected chi connectivity index (χ3v) is 3.71. The summed E-state index contributed by atoms with van der Waals surface area (Å²) in [4.78, 5) is 0. The van der Waals surface area contributed by atoms with Crippen LogP contribution in [0.3, 0.4) is 0 Å². The lowest BCUT2D eigenvalue weighted by atomic mass is 9.95. The molecule has 0 saturated carbocycles. The molecule has 0 spiro atoms. The second-order valence-corrected chi connectivity index (χ2v) is 6.28. The quantitative estimate of drug-likeness (QED) is 0.493. The third kappa shape index (κ3) is 4.11. The van der Waals surface area contributed by atoms with Crippen molar-refractivity contribution >= 4 is 22.6 Å². The number of ether oxygens (including phenoxy) is 1. The normalized spacial score (nSPS) is 11.3. The molecule has 1 aromatic carbocycles. The van der Waals surface area contributed by atoms with Crippen molar-refractivity contribution in [2.45, 2.75) is 46.0 Å². The van der Waals surface area contributed by atoms with E-state index in [-0.39, 0.29) is 6.67 Å². The molecule has 0 fully saturated rings. The molecule has 0 radical (unpaired) electrons. The van der Waals surface area contributed by atoms with Gasteiger partial charge in [0, 0.05) is 6.42 Å². The Balaban J connectivity index is 3.07. The summed E-state index contributed by atoms with van der Waals surface area (Å²) >= 11 is 2.31. The SMILES string of the molecule is CC(C)c1cc(I)c(OCCCF)c(C(C)C)c1. The molecule has 0 aliphatic heterocycles. The summed E-state index contributed by atoms with van der Waals surface area (Å²) in [5.41, 5.74) is 2.56. The van der Waals surface area contributed by atoms with Crippen molar-refractivity contribution in [3.63, 3.8) is 0 Å². The highest BCUT2D eigenvalue weighted by Crippen LogP contribution is 2.34. The first kappa shape index (κ1) is 15.7. The number of hydrogen-bond acceptors (Lipinski definition) is 1. The number of alkyl halides is 1. The maximum absolute atomic E-state index is 12.1. The van der Waals surface area contributed by atoms with E-state index in [1.807, 2.05) is 0 Å². The summed E-state index contributed by atoms with van der Waals surface area (Å²) in [6, 6.07) is 4.39. The molecule has 18 heavy (non-hydrogen) atoms. The van der Waals surface area contributed by atoms with E-state index < -0.39 is 0 Å². The zero-order valence-corrected chi connectivity index (χ0v) is 13.8. The van der Waals surface area contributed by atoms with Gasteiger partial charge in [-0.1, -0.05) is 33.8 Å². The van der Waals surface area contributed by atoms with Crippen LogP contribution in [0.5, 0.6) is 5.75 Å². The first-order chi connectivity index (χ1) is 8.47. The standard InChI is InChI=1S/C15H22FIO/c1-10(2)12-8-13(11(3)4)15(14(17)9-12)18-7-5-6-16/h8-11H,5-7H2,1-4H3. The summed E-state index contributed by atoms with van der Waals surface area (Å²) in [5, 5.41) is 0. The van der Waals surface area contributed by atoms with E-state index in [1.54, 1.807) is 0 Å². The lowest BCUT2D eigenvalue weighted by Gasteiger charge is -2.18. The van der Waals surface area contributed by atoms with Crippen LogP contribution in [0, 0.1) is 3.57 Å². The Labute approximate surface area is 123 Å². The predicted molar refractivity (Wildman–Crippen MR) is 83.4 cm³/mol. The molecule has 0 heterocycles. The molecular formula is C15H22FIO. The lowest BCUT2D eigenvalue weighted by molar-refractivity contribution is 0.284. The van der Waals surface area contributed by atoms with Crippen LogP contribution >= 0.6 is 22.6 Å². The Kier molecular flexibility index (Phi) is 6.39. The molecule has 3 heteroatoms. The molecule has 0 atom stereocenters. The van der Waals surface area contributed by atoms with Crippen LogP contribution in [0.15, 0.2) is 12.1 Å². The molecule has 102 valence electrons. The highest BCUT2D eigenvalue weighted by molar-refractivity contribution is 14.1. The Morgan fingerprint density at radius 3 is 2.33 bits per heavy atom. The monoisotopic (exact) mass is 364 g/mol. The molecule has 0 saturated heterocycles. The van der Waals surface area contributed by atoms with Crippen LogP contribution < -0.4 is 4.74 Å². The molecular weight excluding hydrogens is 342 g/mol. The van der Waals surface area contributed by atoms with E-state index >= 15 is 0 Å². The van der Waals surface area contributed by atoms with E-state index in [1.165, 1.54) is 11.1 Å². The van der Waals surface area contributed by atoms with Gasteiger partial charge in [0.15, 0.2) is 0 Å². The molecule has 0 bridgehead atoms. The number of benzene rings is 1. The first-order valence-electron chi connectivity index (χ1n) is 6.49. The first-order valence-corrected chi connectivity index (χ1v) is 7.57. The molecule has 0 amide bonds. The zero-order valence-electron chi connectivity index (χ0n) is 11.6. The number of halogens is 2. The molecule has 0 aromatic heterocycles. The third-order valence-electron chi connectivity index (χ3n) is 2.91. The minimum Gasteiger partial charge on any atom is -0.492 e. The van der Waals surface area contributed by atoms with Crippen molar-refractivity contribution < 1.29 is 9.13 Å². The van der Waals surface area contributed by atoms with Crippen molar-refractivity contribution in [2.75, 3.05) is 13.3 Å². The Hall–Kier alpha value is -0.320. The molecule has 1 nitrogen and oxygen atoms in total. The van der Waals surface area contributed by atoms with Crippen molar-refractivity contribution in [3.05, 3.63) is 26.8 Å². The van der Waals surface area contributed by atoms with E-state index in [0.717, 1.165) is 9.32 Å². The fourth-order valence-electron chi connectivity index (χ4n) is 1.78. The topological polar surface area (TPSA) is 9.23 Å².